The molecule has 0 spiro atoms. The van der Waals surface area contributed by atoms with Gasteiger partial charge in [-0.3, -0.25) is 4.98 Å². The fraction of sp³-hybridized carbons (Fsp3) is 0.214. The van der Waals surface area contributed by atoms with Crippen molar-refractivity contribution < 1.29 is 22.7 Å². The van der Waals surface area contributed by atoms with Gasteiger partial charge >= 0.3 is 6.18 Å². The molecule has 1 N–H and O–H groups in total. The summed E-state index contributed by atoms with van der Waals surface area (Å²) in [6.45, 7) is 0. The molecule has 112 valence electrons. The van der Waals surface area contributed by atoms with E-state index in [9.17, 15) is 22.7 Å². The fourth-order valence-electron chi connectivity index (χ4n) is 1.86. The number of rotatable bonds is 3. The van der Waals surface area contributed by atoms with Gasteiger partial charge in [-0.25, -0.2) is 4.39 Å². The van der Waals surface area contributed by atoms with Crippen molar-refractivity contribution in [2.45, 2.75) is 18.7 Å². The molecule has 0 radical (unpaired) electrons. The van der Waals surface area contributed by atoms with E-state index in [1.54, 1.807) is 6.07 Å². The van der Waals surface area contributed by atoms with Crippen LogP contribution in [0, 0.1) is 5.82 Å². The lowest BCUT2D eigenvalue weighted by Crippen LogP contribution is -2.11. The van der Waals surface area contributed by atoms with Crippen molar-refractivity contribution in [3.8, 4) is 0 Å². The van der Waals surface area contributed by atoms with Crippen LogP contribution >= 0.6 is 11.6 Å². The Morgan fingerprint density at radius 1 is 1.24 bits per heavy atom. The molecule has 0 amide bonds. The van der Waals surface area contributed by atoms with Crippen LogP contribution in [0.15, 0.2) is 36.7 Å². The van der Waals surface area contributed by atoms with E-state index in [1.165, 1.54) is 12.4 Å². The summed E-state index contributed by atoms with van der Waals surface area (Å²) in [6.07, 6.45) is -3.21. The lowest BCUT2D eigenvalue weighted by Gasteiger charge is -2.15. The van der Waals surface area contributed by atoms with Gasteiger partial charge < -0.3 is 5.11 Å². The van der Waals surface area contributed by atoms with Crippen molar-refractivity contribution >= 4 is 11.6 Å². The topological polar surface area (TPSA) is 33.1 Å². The number of hydrogen-bond donors (Lipinski definition) is 1. The Kier molecular flexibility index (Phi) is 4.49. The van der Waals surface area contributed by atoms with Crippen LogP contribution in [0.3, 0.4) is 0 Å². The van der Waals surface area contributed by atoms with E-state index in [1.807, 2.05) is 0 Å². The number of benzene rings is 1. The molecule has 1 heterocycles. The van der Waals surface area contributed by atoms with Crippen LogP contribution in [0.2, 0.25) is 5.02 Å². The number of halogens is 5. The maximum absolute atomic E-state index is 13.2. The van der Waals surface area contributed by atoms with Crippen molar-refractivity contribution in [1.82, 2.24) is 4.98 Å². The minimum Gasteiger partial charge on any atom is -0.388 e. The van der Waals surface area contributed by atoms with Gasteiger partial charge in [-0.05, 0) is 29.3 Å². The molecule has 0 fully saturated rings. The van der Waals surface area contributed by atoms with Crippen LogP contribution in [0.1, 0.15) is 22.8 Å². The molecule has 1 aromatic carbocycles. The smallest absolute Gasteiger partial charge is 0.388 e. The second-order valence-electron chi connectivity index (χ2n) is 4.42. The molecule has 7 heteroatoms. The first kappa shape index (κ1) is 15.7. The Morgan fingerprint density at radius 2 is 1.95 bits per heavy atom. The van der Waals surface area contributed by atoms with Gasteiger partial charge in [-0.2, -0.15) is 13.2 Å². The molecule has 0 bridgehead atoms. The van der Waals surface area contributed by atoms with Crippen LogP contribution < -0.4 is 0 Å². The molecule has 2 aromatic rings. The third-order valence-corrected chi connectivity index (χ3v) is 3.29. The van der Waals surface area contributed by atoms with E-state index in [2.05, 4.69) is 4.98 Å². The monoisotopic (exact) mass is 319 g/mol. The van der Waals surface area contributed by atoms with Crippen molar-refractivity contribution in [1.29, 1.82) is 0 Å². The summed E-state index contributed by atoms with van der Waals surface area (Å²) >= 11 is 5.87. The summed E-state index contributed by atoms with van der Waals surface area (Å²) in [7, 11) is 0. The van der Waals surface area contributed by atoms with E-state index in [0.29, 0.717) is 22.7 Å². The Hall–Kier alpha value is -1.66. The normalized spacial score (nSPS) is 13.2. The third kappa shape index (κ3) is 3.71. The lowest BCUT2D eigenvalue weighted by molar-refractivity contribution is -0.140. The van der Waals surface area contributed by atoms with E-state index in [-0.39, 0.29) is 12.0 Å². The summed E-state index contributed by atoms with van der Waals surface area (Å²) in [6, 6.07) is 3.97. The number of aromatic nitrogens is 1. The number of aliphatic hydroxyl groups excluding tert-OH is 1. The lowest BCUT2D eigenvalue weighted by atomic mass is 10.00. The van der Waals surface area contributed by atoms with Gasteiger partial charge in [-0.1, -0.05) is 17.7 Å². The van der Waals surface area contributed by atoms with Gasteiger partial charge in [0.1, 0.15) is 5.82 Å². The summed E-state index contributed by atoms with van der Waals surface area (Å²) in [5.74, 6) is -1.37. The second-order valence-corrected chi connectivity index (χ2v) is 4.83. The highest BCUT2D eigenvalue weighted by Crippen LogP contribution is 2.33. The fourth-order valence-corrected chi connectivity index (χ4v) is 2.06. The molecule has 0 saturated carbocycles. The minimum atomic E-state index is -4.81. The third-order valence-electron chi connectivity index (χ3n) is 2.95. The molecule has 1 atom stereocenters. The summed E-state index contributed by atoms with van der Waals surface area (Å²) in [5.41, 5.74) is -0.895. The molecule has 0 aliphatic heterocycles. The van der Waals surface area contributed by atoms with Crippen LogP contribution in [0.25, 0.3) is 0 Å². The molecule has 21 heavy (non-hydrogen) atoms. The van der Waals surface area contributed by atoms with Crippen LogP contribution in [0.5, 0.6) is 0 Å². The minimum absolute atomic E-state index is 0.00425. The summed E-state index contributed by atoms with van der Waals surface area (Å²) in [4.78, 5) is 3.77. The highest BCUT2D eigenvalue weighted by atomic mass is 35.5. The zero-order valence-corrected chi connectivity index (χ0v) is 11.3. The molecular weight excluding hydrogens is 310 g/mol. The average molecular weight is 320 g/mol. The van der Waals surface area contributed by atoms with Gasteiger partial charge in [0, 0.05) is 18.8 Å². The van der Waals surface area contributed by atoms with Gasteiger partial charge in [0.2, 0.25) is 0 Å². The zero-order chi connectivity index (χ0) is 15.6. The van der Waals surface area contributed by atoms with Crippen LogP contribution in [0.4, 0.5) is 17.6 Å². The highest BCUT2D eigenvalue weighted by molar-refractivity contribution is 6.31. The quantitative estimate of drug-likeness (QED) is 0.861. The predicted octanol–water partition coefficient (Wildman–Crippen LogP) is 4.17. The molecule has 0 saturated heterocycles. The highest BCUT2D eigenvalue weighted by Gasteiger charge is 2.34. The number of aliphatic hydroxyl groups is 1. The molecule has 0 aliphatic carbocycles. The first-order valence-corrected chi connectivity index (χ1v) is 6.30. The van der Waals surface area contributed by atoms with Crippen molar-refractivity contribution in [2.75, 3.05) is 0 Å². The standard InChI is InChI=1S/C14H10ClF4NO/c15-11-7-20-4-3-8(11)6-13(21)9-1-2-12(16)10(5-9)14(17,18)19/h1-5,7,13,21H,6H2. The van der Waals surface area contributed by atoms with Crippen molar-refractivity contribution in [2.24, 2.45) is 0 Å². The van der Waals surface area contributed by atoms with Gasteiger partial charge in [0.25, 0.3) is 0 Å². The van der Waals surface area contributed by atoms with Gasteiger partial charge in [0.05, 0.1) is 16.7 Å². The van der Waals surface area contributed by atoms with Crippen molar-refractivity contribution in [3.63, 3.8) is 0 Å². The molecule has 2 nitrogen and oxygen atoms in total. The maximum Gasteiger partial charge on any atom is 0.419 e. The van der Waals surface area contributed by atoms with Crippen LogP contribution in [-0.4, -0.2) is 10.1 Å². The summed E-state index contributed by atoms with van der Waals surface area (Å²) < 4.78 is 51.1. The van der Waals surface area contributed by atoms with E-state index in [0.717, 1.165) is 6.07 Å². The molecule has 1 aromatic heterocycles. The average Bonchev–Trinajstić information content (AvgIpc) is 2.40. The Labute approximate surface area is 123 Å². The SMILES string of the molecule is OC(Cc1ccncc1Cl)c1ccc(F)c(C(F)(F)F)c1. The van der Waals surface area contributed by atoms with E-state index >= 15 is 0 Å². The van der Waals surface area contributed by atoms with Gasteiger partial charge in [0.15, 0.2) is 0 Å². The largest absolute Gasteiger partial charge is 0.419 e. The van der Waals surface area contributed by atoms with E-state index < -0.39 is 23.7 Å². The molecular formula is C14H10ClF4NO. The first-order valence-electron chi connectivity index (χ1n) is 5.92. The Bertz CT molecular complexity index is 645. The number of pyridine rings is 1. The zero-order valence-electron chi connectivity index (χ0n) is 10.5. The van der Waals surface area contributed by atoms with E-state index in [4.69, 9.17) is 11.6 Å². The van der Waals surface area contributed by atoms with Crippen LogP contribution in [-0.2, 0) is 12.6 Å². The Balaban J connectivity index is 2.28. The predicted molar refractivity (Wildman–Crippen MR) is 69.3 cm³/mol. The molecule has 0 aliphatic rings. The second kappa shape index (κ2) is 5.99. The number of hydrogen-bond acceptors (Lipinski definition) is 2. The molecule has 2 rings (SSSR count). The summed E-state index contributed by atoms with van der Waals surface area (Å²) in [5, 5.41) is 10.3. The number of alkyl halides is 3. The first-order chi connectivity index (χ1) is 9.79. The molecule has 1 unspecified atom stereocenters. The maximum atomic E-state index is 13.2. The Morgan fingerprint density at radius 3 is 2.57 bits per heavy atom. The van der Waals surface area contributed by atoms with Crippen molar-refractivity contribution in [3.05, 3.63) is 64.2 Å². The number of nitrogens with zero attached hydrogens (tertiary/aromatic N) is 1. The van der Waals surface area contributed by atoms with Gasteiger partial charge in [-0.15, -0.1) is 0 Å².